The summed E-state index contributed by atoms with van der Waals surface area (Å²) in [5.74, 6) is 0.418. The smallest absolute Gasteiger partial charge is 0.310 e. The summed E-state index contributed by atoms with van der Waals surface area (Å²) in [4.78, 5) is 22.0. The van der Waals surface area contributed by atoms with Crippen molar-refractivity contribution in [2.24, 2.45) is 0 Å². The summed E-state index contributed by atoms with van der Waals surface area (Å²) in [6, 6.07) is 1.17. The number of rotatable bonds is 1. The summed E-state index contributed by atoms with van der Waals surface area (Å²) >= 11 is 0.470. The molecule has 8 heteroatoms. The SMILES string of the molecule is CC(C)(C)c1nc(-c2cnc(C(F)(F)F)s2)cc(=O)[nH]1. The van der Waals surface area contributed by atoms with Crippen LogP contribution in [-0.2, 0) is 11.6 Å². The molecule has 0 unspecified atom stereocenters. The van der Waals surface area contributed by atoms with Gasteiger partial charge in [-0.1, -0.05) is 20.8 Å². The van der Waals surface area contributed by atoms with E-state index in [0.717, 1.165) is 6.20 Å². The Morgan fingerprint density at radius 2 is 1.90 bits per heavy atom. The molecular formula is C12H12F3N3OS. The Morgan fingerprint density at radius 1 is 1.25 bits per heavy atom. The summed E-state index contributed by atoms with van der Waals surface area (Å²) in [6.45, 7) is 5.55. The van der Waals surface area contributed by atoms with Crippen molar-refractivity contribution in [2.75, 3.05) is 0 Å². The molecule has 0 aromatic carbocycles. The molecule has 0 fully saturated rings. The zero-order chi connectivity index (χ0) is 15.1. The molecule has 108 valence electrons. The molecule has 0 saturated heterocycles. The minimum atomic E-state index is -4.49. The van der Waals surface area contributed by atoms with Gasteiger partial charge in [0.25, 0.3) is 5.56 Å². The van der Waals surface area contributed by atoms with Gasteiger partial charge < -0.3 is 4.98 Å². The van der Waals surface area contributed by atoms with Crippen LogP contribution in [0.25, 0.3) is 10.6 Å². The zero-order valence-corrected chi connectivity index (χ0v) is 11.8. The monoisotopic (exact) mass is 303 g/mol. The Kier molecular flexibility index (Phi) is 3.45. The van der Waals surface area contributed by atoms with Crippen molar-refractivity contribution in [1.82, 2.24) is 15.0 Å². The first kappa shape index (κ1) is 14.7. The van der Waals surface area contributed by atoms with Gasteiger partial charge in [-0.3, -0.25) is 4.79 Å². The molecule has 0 amide bonds. The third-order valence-corrected chi connectivity index (χ3v) is 3.52. The average molecular weight is 303 g/mol. The Morgan fingerprint density at radius 3 is 2.40 bits per heavy atom. The van der Waals surface area contributed by atoms with E-state index >= 15 is 0 Å². The quantitative estimate of drug-likeness (QED) is 0.880. The molecule has 0 aliphatic rings. The van der Waals surface area contributed by atoms with Gasteiger partial charge in [0.05, 0.1) is 10.6 Å². The average Bonchev–Trinajstić information content (AvgIpc) is 2.75. The number of aromatic nitrogens is 3. The maximum atomic E-state index is 12.5. The number of aromatic amines is 1. The highest BCUT2D eigenvalue weighted by atomic mass is 32.1. The number of nitrogens with one attached hydrogen (secondary N) is 1. The molecule has 2 heterocycles. The number of hydrogen-bond acceptors (Lipinski definition) is 4. The highest BCUT2D eigenvalue weighted by Gasteiger charge is 2.34. The molecule has 4 nitrogen and oxygen atoms in total. The Hall–Kier alpha value is -1.70. The summed E-state index contributed by atoms with van der Waals surface area (Å²) in [6.07, 6.45) is -3.40. The fraction of sp³-hybridized carbons (Fsp3) is 0.417. The standard InChI is InChI=1S/C12H12F3N3OS/c1-11(2,3)9-17-6(4-8(19)18-9)7-5-16-10(20-7)12(13,14)15/h4-5H,1-3H3,(H,17,18,19). The normalized spacial score (nSPS) is 12.7. The topological polar surface area (TPSA) is 58.6 Å². The van der Waals surface area contributed by atoms with E-state index in [4.69, 9.17) is 0 Å². The van der Waals surface area contributed by atoms with E-state index < -0.39 is 22.2 Å². The molecule has 20 heavy (non-hydrogen) atoms. The van der Waals surface area contributed by atoms with Crippen molar-refractivity contribution in [3.8, 4) is 10.6 Å². The van der Waals surface area contributed by atoms with Gasteiger partial charge in [0, 0.05) is 17.7 Å². The Labute approximate surface area is 116 Å². The largest absolute Gasteiger partial charge is 0.443 e. The van der Waals surface area contributed by atoms with Crippen LogP contribution in [0.4, 0.5) is 13.2 Å². The van der Waals surface area contributed by atoms with Gasteiger partial charge in [0.15, 0.2) is 5.01 Å². The van der Waals surface area contributed by atoms with E-state index in [1.54, 1.807) is 0 Å². The van der Waals surface area contributed by atoms with E-state index in [2.05, 4.69) is 15.0 Å². The Bertz CT molecular complexity index is 682. The van der Waals surface area contributed by atoms with Crippen molar-refractivity contribution in [3.05, 3.63) is 33.4 Å². The van der Waals surface area contributed by atoms with Crippen molar-refractivity contribution in [3.63, 3.8) is 0 Å². The number of alkyl halides is 3. The van der Waals surface area contributed by atoms with E-state index in [9.17, 15) is 18.0 Å². The number of H-pyrrole nitrogens is 1. The van der Waals surface area contributed by atoms with E-state index in [1.807, 2.05) is 20.8 Å². The fourth-order valence-electron chi connectivity index (χ4n) is 1.46. The minimum absolute atomic E-state index is 0.201. The molecule has 0 aliphatic carbocycles. The third kappa shape index (κ3) is 3.06. The van der Waals surface area contributed by atoms with Crippen LogP contribution in [0.3, 0.4) is 0 Å². The Balaban J connectivity index is 2.51. The molecule has 0 spiro atoms. The van der Waals surface area contributed by atoms with Crippen LogP contribution >= 0.6 is 11.3 Å². The van der Waals surface area contributed by atoms with Gasteiger partial charge >= 0.3 is 6.18 Å². The second kappa shape index (κ2) is 4.69. The number of thiazole rings is 1. The van der Waals surface area contributed by atoms with Crippen LogP contribution < -0.4 is 5.56 Å². The maximum Gasteiger partial charge on any atom is 0.443 e. The third-order valence-electron chi connectivity index (χ3n) is 2.45. The van der Waals surface area contributed by atoms with Crippen molar-refractivity contribution >= 4 is 11.3 Å². The van der Waals surface area contributed by atoms with Crippen LogP contribution in [0.2, 0.25) is 0 Å². The molecule has 0 aliphatic heterocycles. The van der Waals surface area contributed by atoms with Crippen LogP contribution in [-0.4, -0.2) is 15.0 Å². The number of hydrogen-bond donors (Lipinski definition) is 1. The molecule has 0 bridgehead atoms. The first-order chi connectivity index (χ1) is 9.07. The number of halogens is 3. The highest BCUT2D eigenvalue weighted by molar-refractivity contribution is 7.15. The summed E-state index contributed by atoms with van der Waals surface area (Å²) < 4.78 is 37.6. The molecule has 2 aromatic rings. The first-order valence-electron chi connectivity index (χ1n) is 5.72. The number of nitrogens with zero attached hydrogens (tertiary/aromatic N) is 2. The van der Waals surface area contributed by atoms with E-state index in [-0.39, 0.29) is 10.6 Å². The van der Waals surface area contributed by atoms with Gasteiger partial charge in [0.2, 0.25) is 0 Å². The lowest BCUT2D eigenvalue weighted by Crippen LogP contribution is -2.21. The molecule has 2 aromatic heterocycles. The second-order valence-electron chi connectivity index (χ2n) is 5.26. The fourth-order valence-corrected chi connectivity index (χ4v) is 2.21. The molecular weight excluding hydrogens is 291 g/mol. The molecule has 0 radical (unpaired) electrons. The van der Waals surface area contributed by atoms with Gasteiger partial charge in [-0.05, 0) is 0 Å². The van der Waals surface area contributed by atoms with Gasteiger partial charge in [-0.25, -0.2) is 9.97 Å². The van der Waals surface area contributed by atoms with Crippen molar-refractivity contribution in [1.29, 1.82) is 0 Å². The first-order valence-corrected chi connectivity index (χ1v) is 6.54. The van der Waals surface area contributed by atoms with Gasteiger partial charge in [0.1, 0.15) is 5.82 Å². The minimum Gasteiger partial charge on any atom is -0.310 e. The molecule has 0 atom stereocenters. The summed E-state index contributed by atoms with van der Waals surface area (Å²) in [5.41, 5.74) is -0.610. The molecule has 1 N–H and O–H groups in total. The van der Waals surface area contributed by atoms with Crippen molar-refractivity contribution < 1.29 is 13.2 Å². The summed E-state index contributed by atoms with van der Waals surface area (Å²) in [5, 5.41) is -0.952. The zero-order valence-electron chi connectivity index (χ0n) is 11.0. The predicted octanol–water partition coefficient (Wildman–Crippen LogP) is 3.21. The predicted molar refractivity (Wildman–Crippen MR) is 69.7 cm³/mol. The lowest BCUT2D eigenvalue weighted by atomic mass is 9.95. The van der Waals surface area contributed by atoms with Crippen molar-refractivity contribution in [2.45, 2.75) is 32.4 Å². The van der Waals surface area contributed by atoms with Crippen LogP contribution in [0.5, 0.6) is 0 Å². The lowest BCUT2D eigenvalue weighted by Gasteiger charge is -2.17. The maximum absolute atomic E-state index is 12.5. The van der Waals surface area contributed by atoms with Gasteiger partial charge in [-0.2, -0.15) is 13.2 Å². The lowest BCUT2D eigenvalue weighted by molar-refractivity contribution is -0.137. The van der Waals surface area contributed by atoms with Gasteiger partial charge in [-0.15, -0.1) is 11.3 Å². The second-order valence-corrected chi connectivity index (χ2v) is 6.29. The highest BCUT2D eigenvalue weighted by Crippen LogP contribution is 2.35. The van der Waals surface area contributed by atoms with Crippen LogP contribution in [0, 0.1) is 0 Å². The van der Waals surface area contributed by atoms with E-state index in [1.165, 1.54) is 6.07 Å². The summed E-state index contributed by atoms with van der Waals surface area (Å²) in [7, 11) is 0. The van der Waals surface area contributed by atoms with Crippen LogP contribution in [0.15, 0.2) is 17.1 Å². The molecule has 0 saturated carbocycles. The molecule has 2 rings (SSSR count). The van der Waals surface area contributed by atoms with E-state index in [0.29, 0.717) is 17.2 Å². The van der Waals surface area contributed by atoms with Crippen LogP contribution in [0.1, 0.15) is 31.6 Å².